The van der Waals surface area contributed by atoms with E-state index >= 15 is 0 Å². The van der Waals surface area contributed by atoms with Gasteiger partial charge in [0.1, 0.15) is 0 Å². The Hall–Kier alpha value is 0.177. The van der Waals surface area contributed by atoms with Gasteiger partial charge in [-0.3, -0.25) is 0 Å². The van der Waals surface area contributed by atoms with E-state index in [9.17, 15) is 0 Å². The molecule has 0 saturated carbocycles. The Morgan fingerprint density at radius 3 is 2.53 bits per heavy atom. The normalized spacial score (nSPS) is 27.6. The van der Waals surface area contributed by atoms with Crippen molar-refractivity contribution in [1.82, 2.24) is 0 Å². The number of rotatable bonds is 7. The van der Waals surface area contributed by atoms with Gasteiger partial charge < -0.3 is 4.74 Å². The van der Waals surface area contributed by atoms with E-state index in [0.29, 0.717) is 5.22 Å². The molecule has 90 valence electrons. The van der Waals surface area contributed by atoms with Crippen molar-refractivity contribution in [3.05, 3.63) is 0 Å². The van der Waals surface area contributed by atoms with E-state index in [1.807, 2.05) is 0 Å². The molecule has 1 aliphatic rings. The van der Waals surface area contributed by atoms with E-state index < -0.39 is 0 Å². The first-order chi connectivity index (χ1) is 7.33. The van der Waals surface area contributed by atoms with Gasteiger partial charge in [-0.05, 0) is 25.7 Å². The lowest BCUT2D eigenvalue weighted by molar-refractivity contribution is -0.0264. The van der Waals surface area contributed by atoms with Gasteiger partial charge in [0.15, 0.2) is 0 Å². The van der Waals surface area contributed by atoms with Crippen LogP contribution in [0.2, 0.25) is 6.55 Å². The lowest BCUT2D eigenvalue weighted by Crippen LogP contribution is -2.41. The number of unbranched alkanes of at least 4 members (excludes halogenated alkanes) is 4. The second kappa shape index (κ2) is 7.45. The molecule has 0 aliphatic carbocycles. The first kappa shape index (κ1) is 13.2. The Balaban J connectivity index is 2.15. The Labute approximate surface area is 97.8 Å². The molecule has 1 rings (SSSR count). The maximum Gasteiger partial charge on any atom is 0.0564 e. The van der Waals surface area contributed by atoms with Crippen LogP contribution < -0.4 is 0 Å². The van der Waals surface area contributed by atoms with Gasteiger partial charge in [-0.1, -0.05) is 45.6 Å². The van der Waals surface area contributed by atoms with Crippen molar-refractivity contribution >= 4 is 9.52 Å². The third kappa shape index (κ3) is 4.69. The first-order valence-corrected chi connectivity index (χ1v) is 9.09. The van der Waals surface area contributed by atoms with E-state index in [4.69, 9.17) is 4.74 Å². The van der Waals surface area contributed by atoms with Crippen molar-refractivity contribution < 1.29 is 4.74 Å². The molecule has 0 bridgehead atoms. The fraction of sp³-hybridized carbons (Fsp3) is 1.00. The lowest BCUT2D eigenvalue weighted by atomic mass is 10.0. The van der Waals surface area contributed by atoms with Crippen LogP contribution >= 0.6 is 0 Å². The van der Waals surface area contributed by atoms with Crippen LogP contribution in [0.5, 0.6) is 0 Å². The van der Waals surface area contributed by atoms with Crippen molar-refractivity contribution in [3.63, 3.8) is 0 Å². The number of ether oxygens (including phenoxy) is 1. The third-order valence-corrected chi connectivity index (χ3v) is 6.02. The van der Waals surface area contributed by atoms with Crippen molar-refractivity contribution in [2.75, 3.05) is 6.61 Å². The molecule has 0 N–H and O–H groups in total. The number of hydrogen-bond donors (Lipinski definition) is 0. The van der Waals surface area contributed by atoms with Crippen LogP contribution in [0.4, 0.5) is 0 Å². The summed E-state index contributed by atoms with van der Waals surface area (Å²) in [7, 11) is -0.000334. The van der Waals surface area contributed by atoms with Gasteiger partial charge in [-0.15, -0.1) is 0 Å². The molecule has 0 amide bonds. The molecule has 1 atom stereocenters. The summed E-state index contributed by atoms with van der Waals surface area (Å²) in [6.07, 6.45) is 12.5. The summed E-state index contributed by atoms with van der Waals surface area (Å²) in [5.41, 5.74) is 0. The molecule has 0 aromatic rings. The zero-order valence-corrected chi connectivity index (χ0v) is 12.1. The SMILES string of the molecule is CCCCCCCC1([SiH2]C)CCCCO1. The molecular formula is C13H28OSi. The van der Waals surface area contributed by atoms with Crippen molar-refractivity contribution in [3.8, 4) is 0 Å². The minimum absolute atomic E-state index is 0.000334. The van der Waals surface area contributed by atoms with Crippen LogP contribution in [0.1, 0.15) is 64.7 Å². The summed E-state index contributed by atoms with van der Waals surface area (Å²) < 4.78 is 6.08. The topological polar surface area (TPSA) is 9.23 Å². The fourth-order valence-electron chi connectivity index (χ4n) is 2.61. The largest absolute Gasteiger partial charge is 0.379 e. The maximum absolute atomic E-state index is 6.08. The zero-order chi connectivity index (χ0) is 11.0. The molecule has 1 unspecified atom stereocenters. The Morgan fingerprint density at radius 2 is 1.93 bits per heavy atom. The van der Waals surface area contributed by atoms with Gasteiger partial charge in [0.05, 0.1) is 14.7 Å². The molecular weight excluding hydrogens is 200 g/mol. The Morgan fingerprint density at radius 1 is 1.13 bits per heavy atom. The molecule has 0 radical (unpaired) electrons. The smallest absolute Gasteiger partial charge is 0.0564 e. The van der Waals surface area contributed by atoms with Crippen molar-refractivity contribution in [1.29, 1.82) is 0 Å². The second-order valence-electron chi connectivity index (χ2n) is 5.01. The highest BCUT2D eigenvalue weighted by Gasteiger charge is 2.30. The molecule has 0 aromatic heterocycles. The highest BCUT2D eigenvalue weighted by molar-refractivity contribution is 6.37. The summed E-state index contributed by atoms with van der Waals surface area (Å²) in [6.45, 7) is 5.75. The van der Waals surface area contributed by atoms with Gasteiger partial charge in [0, 0.05) is 6.61 Å². The second-order valence-corrected chi connectivity index (χ2v) is 7.00. The van der Waals surface area contributed by atoms with Gasteiger partial charge >= 0.3 is 0 Å². The predicted octanol–water partition coefficient (Wildman–Crippen LogP) is 3.46. The first-order valence-electron chi connectivity index (χ1n) is 6.97. The van der Waals surface area contributed by atoms with Crippen LogP contribution in [0.25, 0.3) is 0 Å². The maximum atomic E-state index is 6.08. The minimum atomic E-state index is -0.000334. The van der Waals surface area contributed by atoms with Crippen molar-refractivity contribution in [2.45, 2.75) is 76.5 Å². The number of hydrogen-bond acceptors (Lipinski definition) is 1. The fourth-order valence-corrected chi connectivity index (χ4v) is 4.17. The van der Waals surface area contributed by atoms with Gasteiger partial charge in [0.2, 0.25) is 0 Å². The van der Waals surface area contributed by atoms with Crippen LogP contribution in [-0.2, 0) is 4.74 Å². The Kier molecular flexibility index (Phi) is 6.58. The van der Waals surface area contributed by atoms with Gasteiger partial charge in [0.25, 0.3) is 0 Å². The van der Waals surface area contributed by atoms with Gasteiger partial charge in [-0.25, -0.2) is 0 Å². The molecule has 0 spiro atoms. The predicted molar refractivity (Wildman–Crippen MR) is 70.3 cm³/mol. The van der Waals surface area contributed by atoms with E-state index in [1.54, 1.807) is 0 Å². The minimum Gasteiger partial charge on any atom is -0.379 e. The average Bonchev–Trinajstić information content (AvgIpc) is 2.30. The summed E-state index contributed by atoms with van der Waals surface area (Å²) >= 11 is 0. The summed E-state index contributed by atoms with van der Waals surface area (Å²) in [5.74, 6) is 0. The summed E-state index contributed by atoms with van der Waals surface area (Å²) in [5, 5.41) is 0.407. The van der Waals surface area contributed by atoms with Crippen LogP contribution in [0.15, 0.2) is 0 Å². The van der Waals surface area contributed by atoms with Crippen LogP contribution in [-0.4, -0.2) is 21.4 Å². The third-order valence-electron chi connectivity index (χ3n) is 3.82. The van der Waals surface area contributed by atoms with Gasteiger partial charge in [-0.2, -0.15) is 0 Å². The van der Waals surface area contributed by atoms with E-state index in [0.717, 1.165) is 6.61 Å². The Bertz CT molecular complexity index is 153. The van der Waals surface area contributed by atoms with Crippen LogP contribution in [0.3, 0.4) is 0 Å². The summed E-state index contributed by atoms with van der Waals surface area (Å²) in [6, 6.07) is 0. The molecule has 2 heteroatoms. The molecule has 1 fully saturated rings. The van der Waals surface area contributed by atoms with Crippen LogP contribution in [0, 0.1) is 0 Å². The van der Waals surface area contributed by atoms with Crippen molar-refractivity contribution in [2.24, 2.45) is 0 Å². The average molecular weight is 228 g/mol. The molecule has 1 nitrogen and oxygen atoms in total. The highest BCUT2D eigenvalue weighted by Crippen LogP contribution is 2.29. The summed E-state index contributed by atoms with van der Waals surface area (Å²) in [4.78, 5) is 0. The molecule has 1 saturated heterocycles. The quantitative estimate of drug-likeness (QED) is 0.479. The molecule has 15 heavy (non-hydrogen) atoms. The highest BCUT2D eigenvalue weighted by atomic mass is 28.2. The monoisotopic (exact) mass is 228 g/mol. The van der Waals surface area contributed by atoms with E-state index in [2.05, 4.69) is 13.5 Å². The molecule has 0 aromatic carbocycles. The molecule has 1 heterocycles. The molecule has 1 aliphatic heterocycles. The van der Waals surface area contributed by atoms with E-state index in [1.165, 1.54) is 57.8 Å². The lowest BCUT2D eigenvalue weighted by Gasteiger charge is -2.36. The zero-order valence-electron chi connectivity index (χ0n) is 10.7. The van der Waals surface area contributed by atoms with E-state index in [-0.39, 0.29) is 9.52 Å². The standard InChI is InChI=1S/C13H28OSi/c1-3-4-5-6-7-10-13(15-2)11-8-9-12-14-13/h3-12,15H2,1-2H3.